The Morgan fingerprint density at radius 2 is 1.04 bits per heavy atom. The molecule has 0 aromatic carbocycles. The molecular weight excluding hydrogens is 352 g/mol. The highest BCUT2D eigenvalue weighted by Crippen LogP contribution is 2.33. The zero-order valence-electron chi connectivity index (χ0n) is 15.4. The maximum absolute atomic E-state index is 5.79. The number of aryl methyl sites for hydroxylation is 2. The lowest BCUT2D eigenvalue weighted by Gasteiger charge is -2.08. The zero-order chi connectivity index (χ0) is 17.8. The van der Waals surface area contributed by atoms with Gasteiger partial charge in [0.25, 0.3) is 0 Å². The molecular formula is C20H26O3S2. The molecule has 136 valence electrons. The topological polar surface area (TPSA) is 27.7 Å². The van der Waals surface area contributed by atoms with Crippen molar-refractivity contribution in [2.75, 3.05) is 26.4 Å². The molecule has 0 unspecified atom stereocenters. The van der Waals surface area contributed by atoms with E-state index in [9.17, 15) is 0 Å². The molecule has 1 aliphatic rings. The van der Waals surface area contributed by atoms with E-state index < -0.39 is 0 Å². The third-order valence-electron chi connectivity index (χ3n) is 4.64. The summed E-state index contributed by atoms with van der Waals surface area (Å²) in [6, 6.07) is 0. The molecule has 0 atom stereocenters. The minimum Gasteiger partial charge on any atom is -0.377 e. The second-order valence-electron chi connectivity index (χ2n) is 6.30. The van der Waals surface area contributed by atoms with E-state index in [2.05, 4.69) is 39.8 Å². The minimum atomic E-state index is 0.610. The van der Waals surface area contributed by atoms with Crippen molar-refractivity contribution in [3.63, 3.8) is 0 Å². The van der Waals surface area contributed by atoms with Crippen molar-refractivity contribution < 1.29 is 14.2 Å². The molecule has 3 heterocycles. The van der Waals surface area contributed by atoms with Gasteiger partial charge < -0.3 is 14.2 Å². The first-order chi connectivity index (χ1) is 12.1. The van der Waals surface area contributed by atoms with E-state index in [1.165, 1.54) is 41.8 Å². The van der Waals surface area contributed by atoms with Gasteiger partial charge in [-0.05, 0) is 62.1 Å². The molecule has 3 rings (SSSR count). The standard InChI is InChI=1S/C20H26O3S2/c1-13-17-11-22-9-7-21-8-10-23-12-18-14(2)20(25-16(18)4)6-5-19(13)24-15(17)3/h5-6H,7-12H2,1-4H3/b6-5+. The van der Waals surface area contributed by atoms with E-state index in [-0.39, 0.29) is 0 Å². The van der Waals surface area contributed by atoms with Crippen LogP contribution in [-0.4, -0.2) is 26.4 Å². The predicted octanol–water partition coefficient (Wildman–Crippen LogP) is 5.28. The Balaban J connectivity index is 1.91. The summed E-state index contributed by atoms with van der Waals surface area (Å²) in [7, 11) is 0. The Kier molecular flexibility index (Phi) is 6.47. The quantitative estimate of drug-likeness (QED) is 0.624. The van der Waals surface area contributed by atoms with Crippen LogP contribution in [0, 0.1) is 27.7 Å². The van der Waals surface area contributed by atoms with Gasteiger partial charge in [0.1, 0.15) is 0 Å². The summed E-state index contributed by atoms with van der Waals surface area (Å²) in [5.41, 5.74) is 5.30. The molecule has 0 spiro atoms. The average molecular weight is 379 g/mol. The third kappa shape index (κ3) is 4.41. The van der Waals surface area contributed by atoms with Crippen molar-refractivity contribution in [1.29, 1.82) is 0 Å². The summed E-state index contributed by atoms with van der Waals surface area (Å²) in [4.78, 5) is 5.32. The number of rotatable bonds is 0. The fourth-order valence-corrected chi connectivity index (χ4v) is 5.16. The third-order valence-corrected chi connectivity index (χ3v) is 7.07. The van der Waals surface area contributed by atoms with Crippen molar-refractivity contribution >= 4 is 34.8 Å². The number of fused-ring (bicyclic) bond motifs is 4. The first-order valence-corrected chi connectivity index (χ1v) is 10.3. The van der Waals surface area contributed by atoms with Crippen LogP contribution in [0.4, 0.5) is 0 Å². The molecule has 0 amide bonds. The van der Waals surface area contributed by atoms with Crippen molar-refractivity contribution in [1.82, 2.24) is 0 Å². The second kappa shape index (κ2) is 8.60. The molecule has 3 nitrogen and oxygen atoms in total. The maximum Gasteiger partial charge on any atom is 0.0731 e. The molecule has 5 heteroatoms. The highest BCUT2D eigenvalue weighted by atomic mass is 32.1. The van der Waals surface area contributed by atoms with Gasteiger partial charge in [-0.3, -0.25) is 0 Å². The van der Waals surface area contributed by atoms with E-state index in [0.717, 1.165) is 0 Å². The van der Waals surface area contributed by atoms with Crippen molar-refractivity contribution in [2.45, 2.75) is 40.9 Å². The van der Waals surface area contributed by atoms with Crippen LogP contribution >= 0.6 is 22.7 Å². The monoisotopic (exact) mass is 378 g/mol. The number of hydrogen-bond donors (Lipinski definition) is 0. The Morgan fingerprint density at radius 3 is 1.48 bits per heavy atom. The van der Waals surface area contributed by atoms with Crippen LogP contribution in [0.5, 0.6) is 0 Å². The Bertz CT molecular complexity index is 693. The largest absolute Gasteiger partial charge is 0.377 e. The van der Waals surface area contributed by atoms with Crippen LogP contribution in [-0.2, 0) is 27.4 Å². The van der Waals surface area contributed by atoms with Crippen molar-refractivity contribution in [3.8, 4) is 0 Å². The van der Waals surface area contributed by atoms with Gasteiger partial charge in [0.15, 0.2) is 0 Å². The molecule has 0 fully saturated rings. The minimum absolute atomic E-state index is 0.610. The normalized spacial score (nSPS) is 18.1. The van der Waals surface area contributed by atoms with Gasteiger partial charge in [0.05, 0.1) is 39.6 Å². The van der Waals surface area contributed by atoms with Crippen LogP contribution in [0.2, 0.25) is 0 Å². The molecule has 0 saturated heterocycles. The Morgan fingerprint density at radius 1 is 0.640 bits per heavy atom. The van der Waals surface area contributed by atoms with E-state index >= 15 is 0 Å². The molecule has 0 aliphatic carbocycles. The Labute approximate surface area is 158 Å². The van der Waals surface area contributed by atoms with Gasteiger partial charge in [0.2, 0.25) is 0 Å². The molecule has 2 aromatic rings. The molecule has 0 N–H and O–H groups in total. The summed E-state index contributed by atoms with van der Waals surface area (Å²) in [6.07, 6.45) is 4.50. The van der Waals surface area contributed by atoms with Crippen LogP contribution in [0.1, 0.15) is 41.8 Å². The number of hydrogen-bond acceptors (Lipinski definition) is 5. The first-order valence-electron chi connectivity index (χ1n) is 8.67. The average Bonchev–Trinajstić information content (AvgIpc) is 3.00. The van der Waals surface area contributed by atoms with E-state index in [4.69, 9.17) is 14.2 Å². The fraction of sp³-hybridized carbons (Fsp3) is 0.500. The van der Waals surface area contributed by atoms with E-state index in [1.807, 2.05) is 22.7 Å². The maximum atomic E-state index is 5.79. The van der Waals surface area contributed by atoms with Gasteiger partial charge >= 0.3 is 0 Å². The first kappa shape index (κ1) is 18.8. The van der Waals surface area contributed by atoms with Gasteiger partial charge in [-0.15, -0.1) is 22.7 Å². The molecule has 25 heavy (non-hydrogen) atoms. The predicted molar refractivity (Wildman–Crippen MR) is 107 cm³/mol. The zero-order valence-corrected chi connectivity index (χ0v) is 17.1. The fourth-order valence-electron chi connectivity index (χ4n) is 3.01. The lowest BCUT2D eigenvalue weighted by Crippen LogP contribution is -2.10. The van der Waals surface area contributed by atoms with Gasteiger partial charge in [0, 0.05) is 19.5 Å². The van der Waals surface area contributed by atoms with Crippen LogP contribution < -0.4 is 0 Å². The van der Waals surface area contributed by atoms with Gasteiger partial charge in [-0.25, -0.2) is 0 Å². The smallest absolute Gasteiger partial charge is 0.0731 e. The molecule has 0 radical (unpaired) electrons. The number of thiophene rings is 2. The van der Waals surface area contributed by atoms with Crippen molar-refractivity contribution in [3.05, 3.63) is 41.8 Å². The summed E-state index contributed by atoms with van der Waals surface area (Å²) >= 11 is 3.69. The molecule has 1 aliphatic heterocycles. The van der Waals surface area contributed by atoms with Gasteiger partial charge in [-0.1, -0.05) is 0 Å². The number of ether oxygens (including phenoxy) is 3. The highest BCUT2D eigenvalue weighted by Gasteiger charge is 2.13. The SMILES string of the molecule is Cc1sc2c(C)c1COCCOCCOCc1c(C)sc(c1C)/C=C/2. The lowest BCUT2D eigenvalue weighted by molar-refractivity contribution is 0.00687. The second-order valence-corrected chi connectivity index (χ2v) is 8.82. The highest BCUT2D eigenvalue weighted by molar-refractivity contribution is 7.14. The summed E-state index contributed by atoms with van der Waals surface area (Å²) in [5, 5.41) is 0. The van der Waals surface area contributed by atoms with Crippen molar-refractivity contribution in [2.24, 2.45) is 0 Å². The van der Waals surface area contributed by atoms with E-state index in [1.54, 1.807) is 0 Å². The summed E-state index contributed by atoms with van der Waals surface area (Å²) < 4.78 is 17.2. The van der Waals surface area contributed by atoms with E-state index in [0.29, 0.717) is 39.6 Å². The molecule has 2 aromatic heterocycles. The van der Waals surface area contributed by atoms with Crippen LogP contribution in [0.15, 0.2) is 0 Å². The summed E-state index contributed by atoms with van der Waals surface area (Å²) in [5.74, 6) is 0. The van der Waals surface area contributed by atoms with Gasteiger partial charge in [-0.2, -0.15) is 0 Å². The Hall–Kier alpha value is -0.980. The van der Waals surface area contributed by atoms with Crippen LogP contribution in [0.25, 0.3) is 12.2 Å². The van der Waals surface area contributed by atoms with Crippen LogP contribution in [0.3, 0.4) is 0 Å². The summed E-state index contributed by atoms with van der Waals surface area (Å²) in [6.45, 7) is 12.5. The molecule has 0 saturated carbocycles. The molecule has 4 bridgehead atoms. The lowest BCUT2D eigenvalue weighted by atomic mass is 10.1.